The summed E-state index contributed by atoms with van der Waals surface area (Å²) in [6, 6.07) is 24.4. The Labute approximate surface area is 162 Å². The Balaban J connectivity index is 1.67. The van der Waals surface area contributed by atoms with E-state index < -0.39 is 11.8 Å². The van der Waals surface area contributed by atoms with Crippen molar-refractivity contribution in [1.82, 2.24) is 10.9 Å². The highest BCUT2D eigenvalue weighted by Gasteiger charge is 2.22. The zero-order valence-electron chi connectivity index (χ0n) is 15.0. The average Bonchev–Trinajstić information content (AvgIpc) is 2.73. The fraction of sp³-hybridized carbons (Fsp3) is 0.0435. The van der Waals surface area contributed by atoms with Gasteiger partial charge in [-0.3, -0.25) is 20.4 Å². The summed E-state index contributed by atoms with van der Waals surface area (Å²) in [5.74, 6) is -1.73. The van der Waals surface area contributed by atoms with Crippen molar-refractivity contribution in [3.8, 4) is 0 Å². The SMILES string of the molecule is O=C(/C=C/c1ccc(F)cc1)NNC(=O)C(c1ccccc1)c1ccccc1. The van der Waals surface area contributed by atoms with Crippen LogP contribution in [-0.2, 0) is 9.59 Å². The molecule has 0 fully saturated rings. The van der Waals surface area contributed by atoms with E-state index in [2.05, 4.69) is 10.9 Å². The first-order valence-corrected chi connectivity index (χ1v) is 8.77. The van der Waals surface area contributed by atoms with Crippen LogP contribution in [0.4, 0.5) is 4.39 Å². The molecule has 4 nitrogen and oxygen atoms in total. The van der Waals surface area contributed by atoms with Gasteiger partial charge in [0.2, 0.25) is 5.91 Å². The second-order valence-corrected chi connectivity index (χ2v) is 6.12. The van der Waals surface area contributed by atoms with E-state index in [1.54, 1.807) is 12.1 Å². The standard InChI is InChI=1S/C23H19FN2O2/c24-20-14-11-17(12-15-20)13-16-21(27)25-26-23(28)22(18-7-3-1-4-8-18)19-9-5-2-6-10-19/h1-16,22H,(H,25,27)(H,26,28)/b16-13+. The number of amides is 2. The summed E-state index contributed by atoms with van der Waals surface area (Å²) in [5.41, 5.74) is 7.18. The van der Waals surface area contributed by atoms with Gasteiger partial charge in [0.25, 0.3) is 5.91 Å². The van der Waals surface area contributed by atoms with Crippen molar-refractivity contribution in [3.05, 3.63) is 114 Å². The van der Waals surface area contributed by atoms with Crippen LogP contribution < -0.4 is 10.9 Å². The van der Waals surface area contributed by atoms with Gasteiger partial charge in [0.1, 0.15) is 5.82 Å². The normalized spacial score (nSPS) is 10.8. The van der Waals surface area contributed by atoms with Crippen LogP contribution in [0.1, 0.15) is 22.6 Å². The molecule has 0 radical (unpaired) electrons. The maximum Gasteiger partial charge on any atom is 0.262 e. The van der Waals surface area contributed by atoms with Crippen molar-refractivity contribution >= 4 is 17.9 Å². The van der Waals surface area contributed by atoms with Gasteiger partial charge in [-0.1, -0.05) is 72.8 Å². The first kappa shape index (κ1) is 19.0. The highest BCUT2D eigenvalue weighted by atomic mass is 19.1. The van der Waals surface area contributed by atoms with Crippen LogP contribution in [0.3, 0.4) is 0 Å². The van der Waals surface area contributed by atoms with Crippen molar-refractivity contribution in [2.24, 2.45) is 0 Å². The Bertz CT molecular complexity index is 915. The van der Waals surface area contributed by atoms with Crippen molar-refractivity contribution < 1.29 is 14.0 Å². The number of carbonyl (C=O) groups is 2. The molecule has 0 aliphatic rings. The molecule has 3 aromatic rings. The van der Waals surface area contributed by atoms with Crippen LogP contribution in [0.25, 0.3) is 6.08 Å². The minimum Gasteiger partial charge on any atom is -0.272 e. The van der Waals surface area contributed by atoms with E-state index in [-0.39, 0.29) is 11.7 Å². The molecule has 0 spiro atoms. The predicted octanol–water partition coefficient (Wildman–Crippen LogP) is 3.82. The summed E-state index contributed by atoms with van der Waals surface area (Å²) < 4.78 is 12.9. The van der Waals surface area contributed by atoms with Gasteiger partial charge in [-0.05, 0) is 34.9 Å². The molecule has 2 N–H and O–H groups in total. The van der Waals surface area contributed by atoms with Gasteiger partial charge in [-0.2, -0.15) is 0 Å². The lowest BCUT2D eigenvalue weighted by Crippen LogP contribution is -2.43. The molecule has 0 aromatic heterocycles. The predicted molar refractivity (Wildman–Crippen MR) is 106 cm³/mol. The smallest absolute Gasteiger partial charge is 0.262 e. The topological polar surface area (TPSA) is 58.2 Å². The van der Waals surface area contributed by atoms with Crippen LogP contribution in [0, 0.1) is 5.82 Å². The Hall–Kier alpha value is -3.73. The molecule has 0 heterocycles. The fourth-order valence-electron chi connectivity index (χ4n) is 2.77. The number of carbonyl (C=O) groups excluding carboxylic acids is 2. The molecule has 0 aliphatic carbocycles. The first-order valence-electron chi connectivity index (χ1n) is 8.77. The molecular weight excluding hydrogens is 355 g/mol. The maximum atomic E-state index is 12.9. The largest absolute Gasteiger partial charge is 0.272 e. The Kier molecular flexibility index (Phi) is 6.31. The fourth-order valence-corrected chi connectivity index (χ4v) is 2.77. The summed E-state index contributed by atoms with van der Waals surface area (Å²) in [7, 11) is 0. The number of hydrogen-bond donors (Lipinski definition) is 2. The van der Waals surface area contributed by atoms with Crippen molar-refractivity contribution in [1.29, 1.82) is 0 Å². The number of rotatable bonds is 5. The molecule has 0 atom stereocenters. The lowest BCUT2D eigenvalue weighted by Gasteiger charge is -2.17. The third-order valence-electron chi connectivity index (χ3n) is 4.13. The average molecular weight is 374 g/mol. The second kappa shape index (κ2) is 9.28. The highest BCUT2D eigenvalue weighted by molar-refractivity contribution is 5.94. The number of nitrogens with one attached hydrogen (secondary N) is 2. The molecule has 0 saturated carbocycles. The molecule has 2 amide bonds. The molecule has 140 valence electrons. The monoisotopic (exact) mass is 374 g/mol. The number of benzene rings is 3. The molecule has 3 aromatic carbocycles. The molecule has 3 rings (SSSR count). The van der Waals surface area contributed by atoms with Gasteiger partial charge in [-0.25, -0.2) is 4.39 Å². The summed E-state index contributed by atoms with van der Waals surface area (Å²) in [6.07, 6.45) is 2.81. The van der Waals surface area contributed by atoms with Gasteiger partial charge in [-0.15, -0.1) is 0 Å². The van der Waals surface area contributed by atoms with Crippen molar-refractivity contribution in [2.45, 2.75) is 5.92 Å². The lowest BCUT2D eigenvalue weighted by molar-refractivity contribution is -0.127. The van der Waals surface area contributed by atoms with E-state index in [1.807, 2.05) is 60.7 Å². The molecule has 5 heteroatoms. The molecule has 0 aliphatic heterocycles. The number of halogens is 1. The van der Waals surface area contributed by atoms with Gasteiger partial charge in [0.15, 0.2) is 0 Å². The number of hydrogen-bond acceptors (Lipinski definition) is 2. The molecule has 0 saturated heterocycles. The Morgan fingerprint density at radius 2 is 1.29 bits per heavy atom. The number of hydrazine groups is 1. The molecule has 28 heavy (non-hydrogen) atoms. The van der Waals surface area contributed by atoms with Gasteiger partial charge in [0.05, 0.1) is 5.92 Å². The first-order chi connectivity index (χ1) is 13.6. The minimum absolute atomic E-state index is 0.346. The molecule has 0 bridgehead atoms. The third-order valence-corrected chi connectivity index (χ3v) is 4.13. The van der Waals surface area contributed by atoms with E-state index >= 15 is 0 Å². The van der Waals surface area contributed by atoms with Crippen LogP contribution in [0.5, 0.6) is 0 Å². The van der Waals surface area contributed by atoms with Crippen LogP contribution in [0.15, 0.2) is 91.0 Å². The summed E-state index contributed by atoms with van der Waals surface area (Å²) >= 11 is 0. The molecule has 0 unspecified atom stereocenters. The Morgan fingerprint density at radius 3 is 1.82 bits per heavy atom. The van der Waals surface area contributed by atoms with Crippen LogP contribution >= 0.6 is 0 Å². The van der Waals surface area contributed by atoms with Crippen molar-refractivity contribution in [3.63, 3.8) is 0 Å². The zero-order chi connectivity index (χ0) is 19.8. The quantitative estimate of drug-likeness (QED) is 0.527. The van der Waals surface area contributed by atoms with Crippen LogP contribution in [-0.4, -0.2) is 11.8 Å². The maximum absolute atomic E-state index is 12.9. The van der Waals surface area contributed by atoms with Crippen LogP contribution in [0.2, 0.25) is 0 Å². The van der Waals surface area contributed by atoms with E-state index in [0.29, 0.717) is 5.56 Å². The van der Waals surface area contributed by atoms with E-state index in [4.69, 9.17) is 0 Å². The van der Waals surface area contributed by atoms with E-state index in [0.717, 1.165) is 11.1 Å². The molecular formula is C23H19FN2O2. The Morgan fingerprint density at radius 1 is 0.750 bits per heavy atom. The van der Waals surface area contributed by atoms with Crippen molar-refractivity contribution in [2.75, 3.05) is 0 Å². The van der Waals surface area contributed by atoms with E-state index in [9.17, 15) is 14.0 Å². The van der Waals surface area contributed by atoms with Gasteiger partial charge < -0.3 is 0 Å². The minimum atomic E-state index is -0.552. The second-order valence-electron chi connectivity index (χ2n) is 6.12. The highest BCUT2D eigenvalue weighted by Crippen LogP contribution is 2.24. The third kappa shape index (κ3) is 5.14. The van der Waals surface area contributed by atoms with E-state index in [1.165, 1.54) is 24.3 Å². The lowest BCUT2D eigenvalue weighted by atomic mass is 9.91. The summed E-state index contributed by atoms with van der Waals surface area (Å²) in [6.45, 7) is 0. The van der Waals surface area contributed by atoms with Gasteiger partial charge >= 0.3 is 0 Å². The summed E-state index contributed by atoms with van der Waals surface area (Å²) in [4.78, 5) is 24.8. The van der Waals surface area contributed by atoms with Gasteiger partial charge in [0, 0.05) is 6.08 Å². The summed E-state index contributed by atoms with van der Waals surface area (Å²) in [5, 5.41) is 0. The zero-order valence-corrected chi connectivity index (χ0v) is 15.0.